The maximum absolute atomic E-state index is 9.35. The number of benzene rings is 2. The highest BCUT2D eigenvalue weighted by Crippen LogP contribution is 2.35. The van der Waals surface area contributed by atoms with Crippen molar-refractivity contribution in [3.8, 4) is 26.8 Å². The van der Waals surface area contributed by atoms with Gasteiger partial charge < -0.3 is 10.8 Å². The summed E-state index contributed by atoms with van der Waals surface area (Å²) in [5.74, 6) is 0.257. The second-order valence-electron chi connectivity index (χ2n) is 4.41. The monoisotopic (exact) mass is 282 g/mol. The smallest absolute Gasteiger partial charge is 0.124 e. The van der Waals surface area contributed by atoms with Crippen LogP contribution >= 0.6 is 11.3 Å². The van der Waals surface area contributed by atoms with Crippen molar-refractivity contribution in [2.75, 3.05) is 0 Å². The van der Waals surface area contributed by atoms with Crippen molar-refractivity contribution in [2.45, 2.75) is 6.54 Å². The normalized spacial score (nSPS) is 10.7. The van der Waals surface area contributed by atoms with Gasteiger partial charge in [-0.15, -0.1) is 11.3 Å². The van der Waals surface area contributed by atoms with E-state index in [4.69, 9.17) is 5.73 Å². The van der Waals surface area contributed by atoms with Crippen LogP contribution in [-0.2, 0) is 6.54 Å². The summed E-state index contributed by atoms with van der Waals surface area (Å²) in [6.45, 7) is 0.415. The van der Waals surface area contributed by atoms with Gasteiger partial charge in [0, 0.05) is 12.1 Å². The van der Waals surface area contributed by atoms with Crippen molar-refractivity contribution in [2.24, 2.45) is 5.73 Å². The number of phenolic OH excluding ortho intramolecular Hbond substituents is 1. The molecule has 0 saturated carbocycles. The summed E-state index contributed by atoms with van der Waals surface area (Å²) in [5.41, 5.74) is 8.84. The molecule has 0 aliphatic heterocycles. The molecule has 0 aliphatic carbocycles. The molecule has 0 amide bonds. The molecule has 0 fully saturated rings. The Morgan fingerprint density at radius 2 is 1.65 bits per heavy atom. The molecule has 3 aromatic rings. The number of phenols is 1. The minimum absolute atomic E-state index is 0.257. The van der Waals surface area contributed by atoms with Crippen LogP contribution in [0, 0.1) is 0 Å². The molecular weight excluding hydrogens is 268 g/mol. The molecule has 2 aromatic carbocycles. The molecule has 100 valence electrons. The zero-order valence-corrected chi connectivity index (χ0v) is 11.6. The molecule has 1 aromatic heterocycles. The van der Waals surface area contributed by atoms with E-state index in [1.807, 2.05) is 30.3 Å². The molecule has 0 bridgehead atoms. The lowest BCUT2D eigenvalue weighted by molar-refractivity contribution is 0.475. The molecule has 0 unspecified atom stereocenters. The second kappa shape index (κ2) is 5.45. The Kier molecular flexibility index (Phi) is 3.50. The third-order valence-electron chi connectivity index (χ3n) is 3.04. The van der Waals surface area contributed by atoms with E-state index < -0.39 is 0 Å². The van der Waals surface area contributed by atoms with Gasteiger partial charge in [0.1, 0.15) is 10.8 Å². The van der Waals surface area contributed by atoms with Gasteiger partial charge in [0.2, 0.25) is 0 Å². The predicted molar refractivity (Wildman–Crippen MR) is 82.5 cm³/mol. The van der Waals surface area contributed by atoms with Crippen LogP contribution in [0.15, 0.2) is 54.6 Å². The van der Waals surface area contributed by atoms with E-state index in [0.717, 1.165) is 26.7 Å². The second-order valence-corrected chi connectivity index (χ2v) is 5.41. The highest BCUT2D eigenvalue weighted by Gasteiger charge is 2.12. The molecule has 0 atom stereocenters. The number of aromatic hydroxyl groups is 1. The number of nitrogens with two attached hydrogens (primary N) is 1. The zero-order chi connectivity index (χ0) is 13.9. The molecule has 1 heterocycles. The van der Waals surface area contributed by atoms with Gasteiger partial charge in [0.25, 0.3) is 0 Å². The van der Waals surface area contributed by atoms with Crippen molar-refractivity contribution in [3.05, 3.63) is 60.3 Å². The van der Waals surface area contributed by atoms with Crippen LogP contribution in [0.25, 0.3) is 21.0 Å². The van der Waals surface area contributed by atoms with E-state index in [-0.39, 0.29) is 5.75 Å². The average molecular weight is 282 g/mol. The molecule has 0 aliphatic rings. The van der Waals surface area contributed by atoms with E-state index in [1.165, 1.54) is 0 Å². The summed E-state index contributed by atoms with van der Waals surface area (Å²) in [5, 5.41) is 10.3. The van der Waals surface area contributed by atoms with E-state index in [0.29, 0.717) is 6.54 Å². The maximum atomic E-state index is 9.35. The van der Waals surface area contributed by atoms with Gasteiger partial charge in [-0.05, 0) is 29.8 Å². The summed E-state index contributed by atoms with van der Waals surface area (Å²) in [4.78, 5) is 5.72. The molecule has 0 spiro atoms. The fourth-order valence-corrected chi connectivity index (χ4v) is 3.14. The van der Waals surface area contributed by atoms with Crippen molar-refractivity contribution < 1.29 is 5.11 Å². The minimum atomic E-state index is 0.257. The number of hydrogen-bond acceptors (Lipinski definition) is 4. The standard InChI is InChI=1S/C16H14N2OS/c17-10-14-15(11-4-2-1-3-5-11)20-16(18-14)12-6-8-13(19)9-7-12/h1-9,19H,10,17H2. The summed E-state index contributed by atoms with van der Waals surface area (Å²) in [6.07, 6.45) is 0. The zero-order valence-electron chi connectivity index (χ0n) is 10.8. The summed E-state index contributed by atoms with van der Waals surface area (Å²) < 4.78 is 0. The Morgan fingerprint density at radius 3 is 2.30 bits per heavy atom. The first-order chi connectivity index (χ1) is 9.78. The van der Waals surface area contributed by atoms with Gasteiger partial charge in [0.05, 0.1) is 10.6 Å². The molecule has 20 heavy (non-hydrogen) atoms. The maximum Gasteiger partial charge on any atom is 0.124 e. The Labute approximate surface area is 121 Å². The average Bonchev–Trinajstić information content (AvgIpc) is 2.93. The highest BCUT2D eigenvalue weighted by molar-refractivity contribution is 7.18. The van der Waals surface area contributed by atoms with Crippen LogP contribution in [0.1, 0.15) is 5.69 Å². The lowest BCUT2D eigenvalue weighted by Crippen LogP contribution is -1.98. The van der Waals surface area contributed by atoms with Crippen LogP contribution in [0.2, 0.25) is 0 Å². The van der Waals surface area contributed by atoms with Gasteiger partial charge in [0.15, 0.2) is 0 Å². The Bertz CT molecular complexity index is 705. The van der Waals surface area contributed by atoms with E-state index in [2.05, 4.69) is 17.1 Å². The van der Waals surface area contributed by atoms with Gasteiger partial charge >= 0.3 is 0 Å². The molecule has 3 nitrogen and oxygen atoms in total. The first kappa shape index (κ1) is 12.8. The largest absolute Gasteiger partial charge is 0.508 e. The minimum Gasteiger partial charge on any atom is -0.508 e. The van der Waals surface area contributed by atoms with Crippen LogP contribution < -0.4 is 5.73 Å². The van der Waals surface area contributed by atoms with Crippen LogP contribution in [0.3, 0.4) is 0 Å². The fraction of sp³-hybridized carbons (Fsp3) is 0.0625. The lowest BCUT2D eigenvalue weighted by Gasteiger charge is -1.98. The van der Waals surface area contributed by atoms with Crippen LogP contribution in [0.5, 0.6) is 5.75 Å². The first-order valence-electron chi connectivity index (χ1n) is 6.32. The van der Waals surface area contributed by atoms with Gasteiger partial charge in [-0.3, -0.25) is 0 Å². The van der Waals surface area contributed by atoms with Crippen molar-refractivity contribution in [1.29, 1.82) is 0 Å². The topological polar surface area (TPSA) is 59.1 Å². The van der Waals surface area contributed by atoms with Crippen LogP contribution in [0.4, 0.5) is 0 Å². The van der Waals surface area contributed by atoms with Gasteiger partial charge in [-0.2, -0.15) is 0 Å². The third-order valence-corrected chi connectivity index (χ3v) is 4.24. The molecule has 0 radical (unpaired) electrons. The molecule has 0 saturated heterocycles. The highest BCUT2D eigenvalue weighted by atomic mass is 32.1. The number of aromatic nitrogens is 1. The van der Waals surface area contributed by atoms with E-state index in [1.54, 1.807) is 23.5 Å². The first-order valence-corrected chi connectivity index (χ1v) is 7.14. The summed E-state index contributed by atoms with van der Waals surface area (Å²) in [7, 11) is 0. The predicted octanol–water partition coefficient (Wildman–Crippen LogP) is 3.64. The summed E-state index contributed by atoms with van der Waals surface area (Å²) >= 11 is 1.62. The molecule has 4 heteroatoms. The lowest BCUT2D eigenvalue weighted by atomic mass is 10.1. The van der Waals surface area contributed by atoms with Crippen molar-refractivity contribution in [1.82, 2.24) is 4.98 Å². The molecular formula is C16H14N2OS. The third kappa shape index (κ3) is 2.43. The van der Waals surface area contributed by atoms with Crippen LogP contribution in [-0.4, -0.2) is 10.1 Å². The van der Waals surface area contributed by atoms with Gasteiger partial charge in [-0.1, -0.05) is 30.3 Å². The van der Waals surface area contributed by atoms with E-state index >= 15 is 0 Å². The summed E-state index contributed by atoms with van der Waals surface area (Å²) in [6, 6.07) is 17.2. The number of nitrogens with zero attached hydrogens (tertiary/aromatic N) is 1. The number of rotatable bonds is 3. The van der Waals surface area contributed by atoms with Crippen molar-refractivity contribution >= 4 is 11.3 Å². The molecule has 3 rings (SSSR count). The van der Waals surface area contributed by atoms with Crippen molar-refractivity contribution in [3.63, 3.8) is 0 Å². The molecule has 3 N–H and O–H groups in total. The quantitative estimate of drug-likeness (QED) is 0.771. The number of thiazole rings is 1. The Morgan fingerprint density at radius 1 is 0.950 bits per heavy atom. The Hall–Kier alpha value is -2.17. The Balaban J connectivity index is 2.07. The van der Waals surface area contributed by atoms with Gasteiger partial charge in [-0.25, -0.2) is 4.98 Å². The van der Waals surface area contributed by atoms with E-state index in [9.17, 15) is 5.11 Å². The number of hydrogen-bond donors (Lipinski definition) is 2. The fourth-order valence-electron chi connectivity index (χ4n) is 2.03. The SMILES string of the molecule is NCc1nc(-c2ccc(O)cc2)sc1-c1ccccc1.